The molecule has 4 aromatic rings. The Kier molecular flexibility index (Phi) is 7.57. The average Bonchev–Trinajstić information content (AvgIpc) is 3.46. The van der Waals surface area contributed by atoms with Crippen molar-refractivity contribution in [1.29, 1.82) is 0 Å². The van der Waals surface area contributed by atoms with Crippen LogP contribution in [-0.4, -0.2) is 37.2 Å². The van der Waals surface area contributed by atoms with E-state index in [1.165, 1.54) is 18.1 Å². The number of benzene rings is 2. The van der Waals surface area contributed by atoms with Gasteiger partial charge in [0.1, 0.15) is 16.3 Å². The van der Waals surface area contributed by atoms with Crippen molar-refractivity contribution in [1.82, 2.24) is 4.98 Å². The number of anilines is 1. The number of hydrogen-bond donors (Lipinski definition) is 0. The number of aromatic nitrogens is 1. The zero-order valence-corrected chi connectivity index (χ0v) is 23.2. The zero-order chi connectivity index (χ0) is 28.6. The number of rotatable bonds is 9. The molecule has 2 aromatic carbocycles. The molecule has 1 unspecified atom stereocenters. The van der Waals surface area contributed by atoms with E-state index < -0.39 is 29.2 Å². The molecule has 0 saturated carbocycles. The van der Waals surface area contributed by atoms with Crippen LogP contribution in [0.4, 0.5) is 9.52 Å². The molecule has 0 saturated heterocycles. The highest BCUT2D eigenvalue weighted by atomic mass is 32.1. The van der Waals surface area contributed by atoms with Crippen molar-refractivity contribution >= 4 is 39.3 Å². The van der Waals surface area contributed by atoms with E-state index in [1.807, 2.05) is 6.92 Å². The van der Waals surface area contributed by atoms with E-state index in [-0.39, 0.29) is 32.3 Å². The summed E-state index contributed by atoms with van der Waals surface area (Å²) in [6.07, 6.45) is 1.82. The Balaban J connectivity index is 1.73. The first kappa shape index (κ1) is 27.3. The number of ether oxygens (including phenoxy) is 3. The molecule has 0 aliphatic carbocycles. The summed E-state index contributed by atoms with van der Waals surface area (Å²) >= 11 is 0.966. The molecular weight excluding hydrogens is 539 g/mol. The number of hydrogen-bond acceptors (Lipinski definition) is 9. The second-order valence-corrected chi connectivity index (χ2v) is 10.1. The fourth-order valence-electron chi connectivity index (χ4n) is 4.63. The molecule has 2 aromatic heterocycles. The van der Waals surface area contributed by atoms with E-state index in [2.05, 4.69) is 11.9 Å². The fourth-order valence-corrected chi connectivity index (χ4v) is 5.65. The van der Waals surface area contributed by atoms with Crippen LogP contribution in [0.5, 0.6) is 11.5 Å². The molecule has 9 nitrogen and oxygen atoms in total. The summed E-state index contributed by atoms with van der Waals surface area (Å²) in [6.45, 7) is 6.39. The number of thiazole rings is 1. The number of fused-ring (bicyclic) bond motifs is 2. The second kappa shape index (κ2) is 11.1. The Hall–Kier alpha value is -4.25. The third kappa shape index (κ3) is 4.70. The van der Waals surface area contributed by atoms with Crippen LogP contribution in [0.25, 0.3) is 11.0 Å². The van der Waals surface area contributed by atoms with Gasteiger partial charge in [0, 0.05) is 0 Å². The summed E-state index contributed by atoms with van der Waals surface area (Å²) in [5.74, 6) is -1.02. The van der Waals surface area contributed by atoms with Crippen LogP contribution in [0.1, 0.15) is 69.8 Å². The first-order valence-electron chi connectivity index (χ1n) is 12.8. The molecular formula is C29H27FN2O7S. The maximum atomic E-state index is 14.1. The van der Waals surface area contributed by atoms with Gasteiger partial charge in [0.15, 0.2) is 22.1 Å². The third-order valence-electron chi connectivity index (χ3n) is 6.53. The average molecular weight is 567 g/mol. The number of aryl methyl sites for hydroxylation is 1. The molecule has 0 bridgehead atoms. The lowest BCUT2D eigenvalue weighted by Crippen LogP contribution is -2.29. The highest BCUT2D eigenvalue weighted by Gasteiger charge is 2.45. The van der Waals surface area contributed by atoms with Crippen LogP contribution < -0.4 is 19.8 Å². The van der Waals surface area contributed by atoms with Gasteiger partial charge in [0.25, 0.3) is 5.91 Å². The van der Waals surface area contributed by atoms with Crippen molar-refractivity contribution in [3.05, 3.63) is 79.9 Å². The van der Waals surface area contributed by atoms with Gasteiger partial charge in [-0.2, -0.15) is 0 Å². The highest BCUT2D eigenvalue weighted by molar-refractivity contribution is 7.17. The van der Waals surface area contributed by atoms with Crippen LogP contribution in [0.3, 0.4) is 0 Å². The monoisotopic (exact) mass is 566 g/mol. The van der Waals surface area contributed by atoms with Gasteiger partial charge in [-0.05, 0) is 56.2 Å². The maximum absolute atomic E-state index is 14.1. The molecule has 0 fully saturated rings. The Morgan fingerprint density at radius 3 is 2.65 bits per heavy atom. The standard InChI is InChI=1S/C29H27FN2O7S/c1-5-7-12-38-20-10-8-16(13-21(20)37-6-2)23-22-24(33)18-14-17(30)9-11-19(18)39-25(22)27(34)32(23)29-31-15(3)26(40-29)28(35)36-4/h8-11,13-14,23H,5-7,12H2,1-4H3. The van der Waals surface area contributed by atoms with Gasteiger partial charge >= 0.3 is 5.97 Å². The van der Waals surface area contributed by atoms with Crippen molar-refractivity contribution in [2.75, 3.05) is 25.2 Å². The molecule has 1 atom stereocenters. The topological polar surface area (TPSA) is 108 Å². The fraction of sp³-hybridized carbons (Fsp3) is 0.310. The minimum absolute atomic E-state index is 0.00789. The number of unbranched alkanes of at least 4 members (excludes halogenated alkanes) is 1. The largest absolute Gasteiger partial charge is 0.490 e. The van der Waals surface area contributed by atoms with Crippen LogP contribution in [0.15, 0.2) is 45.6 Å². The van der Waals surface area contributed by atoms with E-state index >= 15 is 0 Å². The molecule has 3 heterocycles. The highest BCUT2D eigenvalue weighted by Crippen LogP contribution is 2.45. The lowest BCUT2D eigenvalue weighted by atomic mass is 9.98. The molecule has 40 heavy (non-hydrogen) atoms. The summed E-state index contributed by atoms with van der Waals surface area (Å²) in [5, 5.41) is 0.184. The molecule has 11 heteroatoms. The predicted octanol–water partition coefficient (Wildman–Crippen LogP) is 5.81. The van der Waals surface area contributed by atoms with Gasteiger partial charge < -0.3 is 18.6 Å². The van der Waals surface area contributed by atoms with Gasteiger partial charge in [-0.1, -0.05) is 30.7 Å². The Morgan fingerprint density at radius 2 is 1.93 bits per heavy atom. The Morgan fingerprint density at radius 1 is 1.12 bits per heavy atom. The summed E-state index contributed by atoms with van der Waals surface area (Å²) in [7, 11) is 1.26. The smallest absolute Gasteiger partial charge is 0.350 e. The molecule has 1 amide bonds. The van der Waals surface area contributed by atoms with E-state index in [0.717, 1.165) is 36.3 Å². The van der Waals surface area contributed by atoms with Crippen LogP contribution in [-0.2, 0) is 4.74 Å². The third-order valence-corrected chi connectivity index (χ3v) is 7.67. The number of methoxy groups -OCH3 is 1. The van der Waals surface area contributed by atoms with Crippen molar-refractivity contribution in [2.24, 2.45) is 0 Å². The van der Waals surface area contributed by atoms with Crippen molar-refractivity contribution < 1.29 is 32.6 Å². The number of carbonyl (C=O) groups excluding carboxylic acids is 2. The van der Waals surface area contributed by atoms with Gasteiger partial charge in [0.2, 0.25) is 5.76 Å². The predicted molar refractivity (Wildman–Crippen MR) is 147 cm³/mol. The van der Waals surface area contributed by atoms with Crippen LogP contribution >= 0.6 is 11.3 Å². The first-order chi connectivity index (χ1) is 19.3. The Bertz CT molecular complexity index is 1680. The van der Waals surface area contributed by atoms with Crippen molar-refractivity contribution in [3.63, 3.8) is 0 Å². The summed E-state index contributed by atoms with van der Waals surface area (Å²) < 4.78 is 36.7. The summed E-state index contributed by atoms with van der Waals surface area (Å²) in [5.41, 5.74) is 0.473. The normalized spacial score (nSPS) is 14.5. The number of esters is 1. The molecule has 5 rings (SSSR count). The van der Waals surface area contributed by atoms with Crippen molar-refractivity contribution in [3.8, 4) is 11.5 Å². The van der Waals surface area contributed by atoms with E-state index in [9.17, 15) is 18.8 Å². The summed E-state index contributed by atoms with van der Waals surface area (Å²) in [6, 6.07) is 7.74. The number of carbonyl (C=O) groups is 2. The summed E-state index contributed by atoms with van der Waals surface area (Å²) in [4.78, 5) is 46.0. The number of nitrogens with zero attached hydrogens (tertiary/aromatic N) is 2. The molecule has 0 N–H and O–H groups in total. The number of halogens is 1. The van der Waals surface area contributed by atoms with Gasteiger partial charge in [-0.15, -0.1) is 0 Å². The van der Waals surface area contributed by atoms with Crippen LogP contribution in [0, 0.1) is 12.7 Å². The zero-order valence-electron chi connectivity index (χ0n) is 22.4. The minimum atomic E-state index is -0.994. The van der Waals surface area contributed by atoms with Crippen LogP contribution in [0.2, 0.25) is 0 Å². The SMILES string of the molecule is CCCCOc1ccc(C2c3c(oc4ccc(F)cc4c3=O)C(=O)N2c2nc(C)c(C(=O)OC)s2)cc1OCC. The van der Waals surface area contributed by atoms with E-state index in [4.69, 9.17) is 18.6 Å². The number of amides is 1. The lowest BCUT2D eigenvalue weighted by Gasteiger charge is -2.23. The van der Waals surface area contributed by atoms with E-state index in [1.54, 1.807) is 25.1 Å². The Labute approximate surface area is 233 Å². The van der Waals surface area contributed by atoms with Gasteiger partial charge in [-0.25, -0.2) is 14.2 Å². The molecule has 1 aliphatic rings. The minimum Gasteiger partial charge on any atom is -0.490 e. The molecule has 208 valence electrons. The van der Waals surface area contributed by atoms with Crippen molar-refractivity contribution in [2.45, 2.75) is 39.7 Å². The quantitative estimate of drug-likeness (QED) is 0.184. The van der Waals surface area contributed by atoms with E-state index in [0.29, 0.717) is 36.0 Å². The second-order valence-electron chi connectivity index (χ2n) is 9.14. The lowest BCUT2D eigenvalue weighted by molar-refractivity contribution is 0.0605. The first-order valence-corrected chi connectivity index (χ1v) is 13.7. The molecule has 1 aliphatic heterocycles. The molecule has 0 radical (unpaired) electrons. The van der Waals surface area contributed by atoms with Gasteiger partial charge in [-0.3, -0.25) is 14.5 Å². The van der Waals surface area contributed by atoms with Gasteiger partial charge in [0.05, 0.1) is 43.0 Å². The molecule has 0 spiro atoms. The maximum Gasteiger partial charge on any atom is 0.350 e.